The Morgan fingerprint density at radius 1 is 1.33 bits per heavy atom. The van der Waals surface area contributed by atoms with Gasteiger partial charge in [0.2, 0.25) is 0 Å². The second-order valence-corrected chi connectivity index (χ2v) is 4.81. The topological polar surface area (TPSA) is 21.8 Å². The van der Waals surface area contributed by atoms with Gasteiger partial charge in [-0.3, -0.25) is 4.90 Å². The lowest BCUT2D eigenvalue weighted by atomic mass is 10.1. The molecule has 1 aliphatic heterocycles. The van der Waals surface area contributed by atoms with Crippen LogP contribution in [0.15, 0.2) is 0 Å². The minimum Gasteiger partial charge on any atom is -0.318 e. The number of likely N-dealkylation sites (N-methyl/N-ethyl adjacent to an activating group) is 3. The SMILES string of the molecule is CNCC1CN(C)CCN1CCN(C)C. The van der Waals surface area contributed by atoms with Gasteiger partial charge in [0.1, 0.15) is 0 Å². The molecule has 0 aromatic rings. The van der Waals surface area contributed by atoms with Crippen molar-refractivity contribution >= 4 is 0 Å². The fraction of sp³-hybridized carbons (Fsp3) is 1.00. The number of nitrogens with zero attached hydrogens (tertiary/aromatic N) is 3. The molecule has 1 atom stereocenters. The van der Waals surface area contributed by atoms with Crippen LogP contribution in [0.5, 0.6) is 0 Å². The first kappa shape index (κ1) is 12.9. The fourth-order valence-electron chi connectivity index (χ4n) is 2.10. The minimum absolute atomic E-state index is 0.675. The largest absolute Gasteiger partial charge is 0.318 e. The molecule has 1 saturated heterocycles. The molecule has 0 aliphatic carbocycles. The van der Waals surface area contributed by atoms with Crippen LogP contribution in [0.2, 0.25) is 0 Å². The number of rotatable bonds is 5. The summed E-state index contributed by atoms with van der Waals surface area (Å²) in [4.78, 5) is 7.29. The number of hydrogen-bond donors (Lipinski definition) is 1. The van der Waals surface area contributed by atoms with E-state index in [1.165, 1.54) is 26.2 Å². The third kappa shape index (κ3) is 4.47. The van der Waals surface area contributed by atoms with Crippen LogP contribution in [-0.2, 0) is 0 Å². The van der Waals surface area contributed by atoms with Gasteiger partial charge >= 0.3 is 0 Å². The van der Waals surface area contributed by atoms with Crippen molar-refractivity contribution in [2.24, 2.45) is 0 Å². The standard InChI is InChI=1S/C11H26N4/c1-12-9-11-10-14(4)6-8-15(11)7-5-13(2)3/h11-12H,5-10H2,1-4H3. The van der Waals surface area contributed by atoms with E-state index in [4.69, 9.17) is 0 Å². The summed E-state index contributed by atoms with van der Waals surface area (Å²) in [7, 11) is 8.54. The first-order valence-electron chi connectivity index (χ1n) is 5.85. The van der Waals surface area contributed by atoms with Crippen molar-refractivity contribution in [3.63, 3.8) is 0 Å². The molecule has 4 nitrogen and oxygen atoms in total. The van der Waals surface area contributed by atoms with Gasteiger partial charge in [0.25, 0.3) is 0 Å². The summed E-state index contributed by atoms with van der Waals surface area (Å²) in [6, 6.07) is 0.675. The molecule has 0 amide bonds. The summed E-state index contributed by atoms with van der Waals surface area (Å²) in [5, 5.41) is 3.29. The quantitative estimate of drug-likeness (QED) is 0.659. The van der Waals surface area contributed by atoms with Crippen LogP contribution < -0.4 is 5.32 Å². The van der Waals surface area contributed by atoms with Crippen LogP contribution in [0.4, 0.5) is 0 Å². The molecule has 0 saturated carbocycles. The Morgan fingerprint density at radius 2 is 2.07 bits per heavy atom. The summed E-state index contributed by atoms with van der Waals surface area (Å²) in [6.07, 6.45) is 0. The molecule has 0 aromatic heterocycles. The van der Waals surface area contributed by atoms with Crippen molar-refractivity contribution in [2.45, 2.75) is 6.04 Å². The maximum Gasteiger partial charge on any atom is 0.0348 e. The molecule has 0 radical (unpaired) electrons. The van der Waals surface area contributed by atoms with Gasteiger partial charge in [-0.25, -0.2) is 0 Å². The molecule has 1 aliphatic rings. The fourth-order valence-corrected chi connectivity index (χ4v) is 2.10. The van der Waals surface area contributed by atoms with Gasteiger partial charge in [0.15, 0.2) is 0 Å². The van der Waals surface area contributed by atoms with Crippen LogP contribution in [-0.4, -0.2) is 88.2 Å². The Hall–Kier alpha value is -0.160. The lowest BCUT2D eigenvalue weighted by Gasteiger charge is -2.40. The summed E-state index contributed by atoms with van der Waals surface area (Å²) in [6.45, 7) is 7.04. The van der Waals surface area contributed by atoms with Crippen LogP contribution in [0.3, 0.4) is 0 Å². The highest BCUT2D eigenvalue weighted by molar-refractivity contribution is 4.82. The van der Waals surface area contributed by atoms with Crippen LogP contribution >= 0.6 is 0 Å². The third-order valence-electron chi connectivity index (χ3n) is 3.08. The zero-order valence-corrected chi connectivity index (χ0v) is 10.7. The predicted molar refractivity (Wildman–Crippen MR) is 65.3 cm³/mol. The van der Waals surface area contributed by atoms with E-state index in [0.29, 0.717) is 6.04 Å². The molecule has 1 N–H and O–H groups in total. The van der Waals surface area contributed by atoms with E-state index in [0.717, 1.165) is 13.1 Å². The highest BCUT2D eigenvalue weighted by atomic mass is 15.3. The van der Waals surface area contributed by atoms with E-state index < -0.39 is 0 Å². The van der Waals surface area contributed by atoms with Crippen molar-refractivity contribution in [3.05, 3.63) is 0 Å². The summed E-state index contributed by atoms with van der Waals surface area (Å²) in [5.41, 5.74) is 0. The number of nitrogens with one attached hydrogen (secondary N) is 1. The van der Waals surface area contributed by atoms with E-state index in [-0.39, 0.29) is 0 Å². The second-order valence-electron chi connectivity index (χ2n) is 4.81. The number of hydrogen-bond acceptors (Lipinski definition) is 4. The third-order valence-corrected chi connectivity index (χ3v) is 3.08. The summed E-state index contributed by atoms with van der Waals surface area (Å²) in [5.74, 6) is 0. The second kappa shape index (κ2) is 6.43. The smallest absolute Gasteiger partial charge is 0.0348 e. The van der Waals surface area contributed by atoms with Crippen LogP contribution in [0.25, 0.3) is 0 Å². The predicted octanol–water partition coefficient (Wildman–Crippen LogP) is -0.617. The van der Waals surface area contributed by atoms with E-state index in [2.05, 4.69) is 41.2 Å². The maximum atomic E-state index is 3.29. The van der Waals surface area contributed by atoms with E-state index in [1.54, 1.807) is 0 Å². The van der Waals surface area contributed by atoms with Crippen molar-refractivity contribution in [3.8, 4) is 0 Å². The van der Waals surface area contributed by atoms with Gasteiger partial charge in [-0.05, 0) is 28.2 Å². The van der Waals surface area contributed by atoms with Crippen LogP contribution in [0, 0.1) is 0 Å². The molecule has 1 fully saturated rings. The van der Waals surface area contributed by atoms with Crippen molar-refractivity contribution in [1.29, 1.82) is 0 Å². The minimum atomic E-state index is 0.675. The van der Waals surface area contributed by atoms with Gasteiger partial charge < -0.3 is 15.1 Å². The first-order valence-corrected chi connectivity index (χ1v) is 5.85. The Labute approximate surface area is 94.2 Å². The molecule has 4 heteroatoms. The lowest BCUT2D eigenvalue weighted by Crippen LogP contribution is -2.56. The molecule has 1 unspecified atom stereocenters. The van der Waals surface area contributed by atoms with Gasteiger partial charge in [-0.2, -0.15) is 0 Å². The molecule has 0 spiro atoms. The van der Waals surface area contributed by atoms with E-state index >= 15 is 0 Å². The van der Waals surface area contributed by atoms with Gasteiger partial charge in [0, 0.05) is 45.3 Å². The Bertz CT molecular complexity index is 172. The number of piperazine rings is 1. The Kier molecular flexibility index (Phi) is 5.53. The molecule has 15 heavy (non-hydrogen) atoms. The monoisotopic (exact) mass is 214 g/mol. The highest BCUT2D eigenvalue weighted by Gasteiger charge is 2.23. The maximum absolute atomic E-state index is 3.29. The van der Waals surface area contributed by atoms with Gasteiger partial charge in [-0.1, -0.05) is 0 Å². The van der Waals surface area contributed by atoms with Gasteiger partial charge in [-0.15, -0.1) is 0 Å². The van der Waals surface area contributed by atoms with Crippen LogP contribution in [0.1, 0.15) is 0 Å². The summed E-state index contributed by atoms with van der Waals surface area (Å²) < 4.78 is 0. The van der Waals surface area contributed by atoms with E-state index in [9.17, 15) is 0 Å². The molecule has 90 valence electrons. The molecule has 0 aromatic carbocycles. The van der Waals surface area contributed by atoms with Crippen molar-refractivity contribution in [1.82, 2.24) is 20.0 Å². The zero-order valence-electron chi connectivity index (χ0n) is 10.7. The molecule has 0 bridgehead atoms. The van der Waals surface area contributed by atoms with Crippen molar-refractivity contribution in [2.75, 3.05) is 67.5 Å². The summed E-state index contributed by atoms with van der Waals surface area (Å²) >= 11 is 0. The first-order chi connectivity index (χ1) is 7.13. The molecular weight excluding hydrogens is 188 g/mol. The lowest BCUT2D eigenvalue weighted by molar-refractivity contribution is 0.0844. The molecular formula is C11H26N4. The van der Waals surface area contributed by atoms with E-state index in [1.807, 2.05) is 7.05 Å². The van der Waals surface area contributed by atoms with Gasteiger partial charge in [0.05, 0.1) is 0 Å². The van der Waals surface area contributed by atoms with Crippen molar-refractivity contribution < 1.29 is 0 Å². The average Bonchev–Trinajstić information content (AvgIpc) is 2.17. The highest BCUT2D eigenvalue weighted by Crippen LogP contribution is 2.07. The Morgan fingerprint density at radius 3 is 2.67 bits per heavy atom. The average molecular weight is 214 g/mol. The Balaban J connectivity index is 2.37. The molecule has 1 rings (SSSR count). The molecule has 1 heterocycles. The zero-order chi connectivity index (χ0) is 11.3. The normalized spacial score (nSPS) is 25.0.